The summed E-state index contributed by atoms with van der Waals surface area (Å²) >= 11 is 3.80. The molecule has 1 nitrogen and oxygen atoms in total. The van der Waals surface area contributed by atoms with Crippen LogP contribution < -0.4 is 4.74 Å². The van der Waals surface area contributed by atoms with Crippen LogP contribution in [-0.2, 0) is 0 Å². The molecule has 0 N–H and O–H groups in total. The van der Waals surface area contributed by atoms with E-state index in [4.69, 9.17) is 4.74 Å². The summed E-state index contributed by atoms with van der Waals surface area (Å²) in [7, 11) is 0. The van der Waals surface area contributed by atoms with E-state index in [0.29, 0.717) is 16.8 Å². The molecule has 1 unspecified atom stereocenters. The zero-order valence-electron chi connectivity index (χ0n) is 8.87. The highest BCUT2D eigenvalue weighted by atomic mass is 79.9. The van der Waals surface area contributed by atoms with Crippen molar-refractivity contribution in [2.45, 2.75) is 43.0 Å². The van der Waals surface area contributed by atoms with E-state index in [2.05, 4.69) is 41.1 Å². The first-order valence-electron chi connectivity index (χ1n) is 5.67. The van der Waals surface area contributed by atoms with E-state index >= 15 is 0 Å². The minimum Gasteiger partial charge on any atom is -0.489 e. The highest BCUT2D eigenvalue weighted by Gasteiger charge is 2.39. The summed E-state index contributed by atoms with van der Waals surface area (Å²) in [4.78, 5) is 0.514. The summed E-state index contributed by atoms with van der Waals surface area (Å²) in [5.41, 5.74) is 2.74. The number of aryl methyl sites for hydroxylation is 1. The van der Waals surface area contributed by atoms with Gasteiger partial charge in [0.15, 0.2) is 0 Å². The number of rotatable bonds is 0. The third-order valence-electron chi connectivity index (χ3n) is 3.59. The van der Waals surface area contributed by atoms with Gasteiger partial charge in [-0.3, -0.25) is 0 Å². The lowest BCUT2D eigenvalue weighted by Gasteiger charge is -2.40. The van der Waals surface area contributed by atoms with Gasteiger partial charge in [0, 0.05) is 5.92 Å². The van der Waals surface area contributed by atoms with Crippen LogP contribution in [0.15, 0.2) is 18.2 Å². The molecule has 2 heteroatoms. The van der Waals surface area contributed by atoms with Crippen molar-refractivity contribution in [3.8, 4) is 5.75 Å². The lowest BCUT2D eigenvalue weighted by Crippen LogP contribution is -2.40. The van der Waals surface area contributed by atoms with Gasteiger partial charge in [-0.05, 0) is 37.8 Å². The fourth-order valence-corrected chi connectivity index (χ4v) is 3.72. The zero-order chi connectivity index (χ0) is 10.4. The fraction of sp³-hybridized carbons (Fsp3) is 0.538. The fourth-order valence-electron chi connectivity index (χ4n) is 2.80. The van der Waals surface area contributed by atoms with Gasteiger partial charge < -0.3 is 4.74 Å². The van der Waals surface area contributed by atoms with Gasteiger partial charge in [0.2, 0.25) is 0 Å². The number of halogens is 1. The van der Waals surface area contributed by atoms with Crippen LogP contribution in [0.3, 0.4) is 0 Å². The predicted octanol–water partition coefficient (Wildman–Crippen LogP) is 3.79. The smallest absolute Gasteiger partial charge is 0.123 e. The van der Waals surface area contributed by atoms with Crippen LogP contribution in [0.25, 0.3) is 0 Å². The highest BCUT2D eigenvalue weighted by molar-refractivity contribution is 9.09. The maximum atomic E-state index is 6.02. The van der Waals surface area contributed by atoms with Crippen LogP contribution in [0, 0.1) is 6.92 Å². The molecular weight excluding hydrogens is 252 g/mol. The van der Waals surface area contributed by atoms with Gasteiger partial charge in [-0.15, -0.1) is 0 Å². The summed E-state index contributed by atoms with van der Waals surface area (Å²) < 4.78 is 6.02. The maximum Gasteiger partial charge on any atom is 0.123 e. The molecule has 3 atom stereocenters. The average molecular weight is 267 g/mol. The van der Waals surface area contributed by atoms with Crippen molar-refractivity contribution in [2.24, 2.45) is 0 Å². The number of ether oxygens (including phenoxy) is 1. The summed E-state index contributed by atoms with van der Waals surface area (Å²) in [6.45, 7) is 2.15. The van der Waals surface area contributed by atoms with E-state index in [1.165, 1.54) is 30.4 Å². The third-order valence-corrected chi connectivity index (χ3v) is 4.81. The second-order valence-electron chi connectivity index (χ2n) is 4.68. The predicted molar refractivity (Wildman–Crippen MR) is 64.9 cm³/mol. The first kappa shape index (κ1) is 9.71. The summed E-state index contributed by atoms with van der Waals surface area (Å²) in [5.74, 6) is 1.78. The molecule has 0 spiro atoms. The molecule has 0 aromatic heterocycles. The molecule has 0 amide bonds. The topological polar surface area (TPSA) is 9.23 Å². The van der Waals surface area contributed by atoms with E-state index in [-0.39, 0.29) is 0 Å². The van der Waals surface area contributed by atoms with Crippen molar-refractivity contribution in [1.82, 2.24) is 0 Å². The Hall–Kier alpha value is -0.500. The van der Waals surface area contributed by atoms with Crippen LogP contribution in [0.5, 0.6) is 5.75 Å². The van der Waals surface area contributed by atoms with E-state index < -0.39 is 0 Å². The molecule has 0 radical (unpaired) electrons. The highest BCUT2D eigenvalue weighted by Crippen LogP contribution is 2.47. The van der Waals surface area contributed by atoms with Crippen molar-refractivity contribution in [3.63, 3.8) is 0 Å². The van der Waals surface area contributed by atoms with E-state index in [1.54, 1.807) is 0 Å². The monoisotopic (exact) mass is 266 g/mol. The maximum absolute atomic E-state index is 6.02. The molecular formula is C13H15BrO. The molecule has 1 aromatic rings. The van der Waals surface area contributed by atoms with E-state index in [0.717, 1.165) is 5.75 Å². The van der Waals surface area contributed by atoms with Gasteiger partial charge in [0.1, 0.15) is 11.9 Å². The molecule has 1 saturated carbocycles. The number of alkyl halides is 1. The standard InChI is InChI=1S/C13H15BrO/c1-8-5-6-11-10(7-8)9-3-2-4-12(15-11)13(9)14/h5-7,9,12-13H,2-4H2,1H3/t9-,12-,13?/m1/s1. The SMILES string of the molecule is Cc1ccc2c(c1)[C@H]1CCC[C@@H](O2)C1Br. The van der Waals surface area contributed by atoms with Crippen molar-refractivity contribution in [3.05, 3.63) is 29.3 Å². The lowest BCUT2D eigenvalue weighted by atomic mass is 9.79. The van der Waals surface area contributed by atoms with Crippen molar-refractivity contribution in [2.75, 3.05) is 0 Å². The first-order chi connectivity index (χ1) is 7.25. The third kappa shape index (κ3) is 1.50. The molecule has 1 aliphatic carbocycles. The largest absolute Gasteiger partial charge is 0.489 e. The molecule has 0 saturated heterocycles. The average Bonchev–Trinajstić information content (AvgIpc) is 2.20. The van der Waals surface area contributed by atoms with Gasteiger partial charge in [-0.25, -0.2) is 0 Å². The Bertz CT molecular complexity index is 388. The van der Waals surface area contributed by atoms with Gasteiger partial charge in [-0.1, -0.05) is 33.6 Å². The minimum absolute atomic E-state index is 0.388. The summed E-state index contributed by atoms with van der Waals surface area (Å²) in [6.07, 6.45) is 4.18. The Labute approximate surface area is 99.0 Å². The summed E-state index contributed by atoms with van der Waals surface area (Å²) in [5, 5.41) is 0. The van der Waals surface area contributed by atoms with Gasteiger partial charge in [-0.2, -0.15) is 0 Å². The van der Waals surface area contributed by atoms with Crippen LogP contribution >= 0.6 is 15.9 Å². The Kier molecular flexibility index (Phi) is 2.27. The van der Waals surface area contributed by atoms with Crippen LogP contribution in [0.1, 0.15) is 36.3 Å². The van der Waals surface area contributed by atoms with Crippen LogP contribution in [-0.4, -0.2) is 10.9 Å². The van der Waals surface area contributed by atoms with Gasteiger partial charge in [0.05, 0.1) is 4.83 Å². The van der Waals surface area contributed by atoms with Crippen molar-refractivity contribution in [1.29, 1.82) is 0 Å². The second kappa shape index (κ2) is 3.51. The zero-order valence-corrected chi connectivity index (χ0v) is 10.5. The van der Waals surface area contributed by atoms with E-state index in [9.17, 15) is 0 Å². The number of hydrogen-bond donors (Lipinski definition) is 0. The molecule has 1 heterocycles. The molecule has 3 rings (SSSR count). The molecule has 1 aromatic carbocycles. The van der Waals surface area contributed by atoms with Crippen LogP contribution in [0.4, 0.5) is 0 Å². The normalized spacial score (nSPS) is 33.1. The number of benzene rings is 1. The Morgan fingerprint density at radius 2 is 2.20 bits per heavy atom. The van der Waals surface area contributed by atoms with Gasteiger partial charge >= 0.3 is 0 Å². The van der Waals surface area contributed by atoms with Gasteiger partial charge in [0.25, 0.3) is 0 Å². The number of hydrogen-bond acceptors (Lipinski definition) is 1. The minimum atomic E-state index is 0.388. The first-order valence-corrected chi connectivity index (χ1v) is 6.58. The molecule has 2 bridgehead atoms. The number of fused-ring (bicyclic) bond motifs is 4. The quantitative estimate of drug-likeness (QED) is 0.650. The molecule has 15 heavy (non-hydrogen) atoms. The Morgan fingerprint density at radius 3 is 3.07 bits per heavy atom. The second-order valence-corrected chi connectivity index (χ2v) is 5.74. The van der Waals surface area contributed by atoms with E-state index in [1.807, 2.05) is 0 Å². The Balaban J connectivity index is 2.09. The van der Waals surface area contributed by atoms with Crippen molar-refractivity contribution >= 4 is 15.9 Å². The molecule has 1 fully saturated rings. The molecule has 1 aliphatic heterocycles. The lowest BCUT2D eigenvalue weighted by molar-refractivity contribution is 0.129. The summed E-state index contributed by atoms with van der Waals surface area (Å²) in [6, 6.07) is 6.56. The molecule has 2 aliphatic rings. The molecule has 80 valence electrons. The Morgan fingerprint density at radius 1 is 1.33 bits per heavy atom. The van der Waals surface area contributed by atoms with Crippen molar-refractivity contribution < 1.29 is 4.74 Å². The van der Waals surface area contributed by atoms with Crippen LogP contribution in [0.2, 0.25) is 0 Å².